The van der Waals surface area contributed by atoms with Gasteiger partial charge in [-0.3, -0.25) is 4.79 Å². The smallest absolute Gasteiger partial charge is 0.292 e. The summed E-state index contributed by atoms with van der Waals surface area (Å²) in [5.74, 6) is 1.87. The standard InChI is InChI=1S/C24H25N3O3/c1-16-13-22(27(26-16)24(2,3)4)25-23(28)21-12-11-20(30-21)15-29-19-10-9-17-7-5-6-8-18(17)14-19/h5-14H,15H2,1-4H3,(H,25,28). The van der Waals surface area contributed by atoms with E-state index in [1.807, 2.05) is 70.2 Å². The molecule has 0 radical (unpaired) electrons. The molecular formula is C24H25N3O3. The lowest BCUT2D eigenvalue weighted by Gasteiger charge is -2.22. The van der Waals surface area contributed by atoms with E-state index in [9.17, 15) is 4.79 Å². The number of anilines is 1. The molecule has 154 valence electrons. The van der Waals surface area contributed by atoms with Gasteiger partial charge in [0, 0.05) is 6.07 Å². The molecule has 2 aromatic heterocycles. The maximum Gasteiger partial charge on any atom is 0.292 e. The molecule has 0 saturated heterocycles. The Morgan fingerprint density at radius 1 is 1.07 bits per heavy atom. The summed E-state index contributed by atoms with van der Waals surface area (Å²) >= 11 is 0. The normalized spacial score (nSPS) is 11.6. The Hall–Kier alpha value is -3.54. The molecule has 6 nitrogen and oxygen atoms in total. The largest absolute Gasteiger partial charge is 0.486 e. The Kier molecular flexibility index (Phi) is 5.08. The fourth-order valence-electron chi connectivity index (χ4n) is 3.27. The number of hydrogen-bond acceptors (Lipinski definition) is 4. The zero-order valence-corrected chi connectivity index (χ0v) is 17.6. The van der Waals surface area contributed by atoms with Gasteiger partial charge >= 0.3 is 0 Å². The number of hydrogen-bond donors (Lipinski definition) is 1. The van der Waals surface area contributed by atoms with E-state index in [0.29, 0.717) is 11.6 Å². The molecular weight excluding hydrogens is 378 g/mol. The second kappa shape index (κ2) is 7.71. The number of aryl methyl sites for hydroxylation is 1. The number of carbonyl (C=O) groups excluding carboxylic acids is 1. The summed E-state index contributed by atoms with van der Waals surface area (Å²) in [7, 11) is 0. The molecule has 2 aromatic carbocycles. The van der Waals surface area contributed by atoms with Gasteiger partial charge < -0.3 is 14.5 Å². The molecule has 6 heteroatoms. The van der Waals surface area contributed by atoms with E-state index < -0.39 is 0 Å². The van der Waals surface area contributed by atoms with Gasteiger partial charge in [0.1, 0.15) is 23.9 Å². The van der Waals surface area contributed by atoms with Gasteiger partial charge in [0.15, 0.2) is 5.76 Å². The van der Waals surface area contributed by atoms with Crippen LogP contribution in [0.5, 0.6) is 5.75 Å². The minimum absolute atomic E-state index is 0.228. The van der Waals surface area contributed by atoms with Crippen LogP contribution < -0.4 is 10.1 Å². The van der Waals surface area contributed by atoms with Crippen molar-refractivity contribution >= 4 is 22.5 Å². The average Bonchev–Trinajstić information content (AvgIpc) is 3.32. The van der Waals surface area contributed by atoms with Gasteiger partial charge in [0.2, 0.25) is 0 Å². The predicted octanol–water partition coefficient (Wildman–Crippen LogP) is 5.52. The molecule has 0 atom stereocenters. The molecule has 0 bridgehead atoms. The van der Waals surface area contributed by atoms with E-state index in [2.05, 4.69) is 16.5 Å². The zero-order valence-electron chi connectivity index (χ0n) is 17.6. The molecule has 0 saturated carbocycles. The van der Waals surface area contributed by atoms with Crippen molar-refractivity contribution in [2.24, 2.45) is 0 Å². The topological polar surface area (TPSA) is 69.3 Å². The van der Waals surface area contributed by atoms with E-state index >= 15 is 0 Å². The van der Waals surface area contributed by atoms with Crippen LogP contribution in [0.4, 0.5) is 5.82 Å². The van der Waals surface area contributed by atoms with Gasteiger partial charge in [-0.1, -0.05) is 30.3 Å². The molecule has 1 amide bonds. The Labute approximate surface area is 175 Å². The van der Waals surface area contributed by atoms with Crippen molar-refractivity contribution < 1.29 is 13.9 Å². The van der Waals surface area contributed by atoms with Crippen LogP contribution in [0.25, 0.3) is 10.8 Å². The number of furan rings is 1. The number of aromatic nitrogens is 2. The number of carbonyl (C=O) groups is 1. The highest BCUT2D eigenvalue weighted by Gasteiger charge is 2.21. The summed E-state index contributed by atoms with van der Waals surface area (Å²) in [6.45, 7) is 8.23. The number of ether oxygens (including phenoxy) is 1. The number of rotatable bonds is 5. The summed E-state index contributed by atoms with van der Waals surface area (Å²) in [6, 6.07) is 19.3. The van der Waals surface area contributed by atoms with E-state index in [0.717, 1.165) is 22.2 Å². The van der Waals surface area contributed by atoms with Crippen molar-refractivity contribution in [2.45, 2.75) is 39.8 Å². The van der Waals surface area contributed by atoms with Gasteiger partial charge in [-0.15, -0.1) is 0 Å². The van der Waals surface area contributed by atoms with Crippen LogP contribution in [0.1, 0.15) is 42.8 Å². The second-order valence-corrected chi connectivity index (χ2v) is 8.27. The van der Waals surface area contributed by atoms with Crippen molar-refractivity contribution in [3.8, 4) is 5.75 Å². The maximum atomic E-state index is 12.6. The Morgan fingerprint density at radius 3 is 2.60 bits per heavy atom. The van der Waals surface area contributed by atoms with Crippen LogP contribution >= 0.6 is 0 Å². The first-order valence-corrected chi connectivity index (χ1v) is 9.88. The van der Waals surface area contributed by atoms with Gasteiger partial charge in [0.25, 0.3) is 5.91 Å². The molecule has 1 N–H and O–H groups in total. The Morgan fingerprint density at radius 2 is 1.83 bits per heavy atom. The van der Waals surface area contributed by atoms with Crippen LogP contribution in [0.3, 0.4) is 0 Å². The van der Waals surface area contributed by atoms with Gasteiger partial charge in [0.05, 0.1) is 11.2 Å². The van der Waals surface area contributed by atoms with Crippen LogP contribution in [0.15, 0.2) is 65.1 Å². The van der Waals surface area contributed by atoms with Gasteiger partial charge in [-0.2, -0.15) is 5.10 Å². The lowest BCUT2D eigenvalue weighted by molar-refractivity contribution is 0.0991. The molecule has 0 aliphatic heterocycles. The SMILES string of the molecule is Cc1cc(NC(=O)c2ccc(COc3ccc4ccccc4c3)o2)n(C(C)(C)C)n1. The molecule has 0 unspecified atom stereocenters. The van der Waals surface area contributed by atoms with Gasteiger partial charge in [-0.25, -0.2) is 4.68 Å². The van der Waals surface area contributed by atoms with E-state index in [4.69, 9.17) is 9.15 Å². The summed E-state index contributed by atoms with van der Waals surface area (Å²) in [6.07, 6.45) is 0. The lowest BCUT2D eigenvalue weighted by Crippen LogP contribution is -2.26. The van der Waals surface area contributed by atoms with E-state index in [1.54, 1.807) is 16.8 Å². The number of benzene rings is 2. The monoisotopic (exact) mass is 403 g/mol. The molecule has 4 aromatic rings. The lowest BCUT2D eigenvalue weighted by atomic mass is 10.1. The molecule has 0 fully saturated rings. The number of fused-ring (bicyclic) bond motifs is 1. The first kappa shape index (κ1) is 19.8. The number of amides is 1. The van der Waals surface area contributed by atoms with Crippen molar-refractivity contribution in [3.05, 3.63) is 77.9 Å². The number of nitrogens with zero attached hydrogens (tertiary/aromatic N) is 2. The van der Waals surface area contributed by atoms with Gasteiger partial charge in [-0.05, 0) is 62.7 Å². The van der Waals surface area contributed by atoms with E-state index in [-0.39, 0.29) is 23.8 Å². The average molecular weight is 403 g/mol. The van der Waals surface area contributed by atoms with Crippen LogP contribution in [-0.4, -0.2) is 15.7 Å². The van der Waals surface area contributed by atoms with Crippen molar-refractivity contribution in [1.82, 2.24) is 9.78 Å². The number of nitrogens with one attached hydrogen (secondary N) is 1. The highest BCUT2D eigenvalue weighted by Crippen LogP contribution is 2.23. The summed E-state index contributed by atoms with van der Waals surface area (Å²) in [5.41, 5.74) is 0.586. The third kappa shape index (κ3) is 4.22. The molecule has 2 heterocycles. The third-order valence-corrected chi connectivity index (χ3v) is 4.70. The van der Waals surface area contributed by atoms with Crippen LogP contribution in [-0.2, 0) is 12.1 Å². The molecule has 0 aliphatic rings. The van der Waals surface area contributed by atoms with Crippen LogP contribution in [0, 0.1) is 6.92 Å². The summed E-state index contributed by atoms with van der Waals surface area (Å²) < 4.78 is 13.3. The highest BCUT2D eigenvalue weighted by molar-refractivity contribution is 6.01. The fourth-order valence-corrected chi connectivity index (χ4v) is 3.27. The summed E-state index contributed by atoms with van der Waals surface area (Å²) in [5, 5.41) is 9.63. The minimum Gasteiger partial charge on any atom is -0.486 e. The first-order chi connectivity index (χ1) is 14.3. The van der Waals surface area contributed by atoms with E-state index in [1.165, 1.54) is 0 Å². The van der Waals surface area contributed by atoms with Crippen molar-refractivity contribution in [2.75, 3.05) is 5.32 Å². The summed E-state index contributed by atoms with van der Waals surface area (Å²) in [4.78, 5) is 12.6. The highest BCUT2D eigenvalue weighted by atomic mass is 16.5. The Bertz CT molecular complexity index is 1200. The second-order valence-electron chi connectivity index (χ2n) is 8.27. The maximum absolute atomic E-state index is 12.6. The minimum atomic E-state index is -0.322. The molecule has 0 aliphatic carbocycles. The van der Waals surface area contributed by atoms with Crippen molar-refractivity contribution in [1.29, 1.82) is 0 Å². The molecule has 4 rings (SSSR count). The van der Waals surface area contributed by atoms with Crippen LogP contribution in [0.2, 0.25) is 0 Å². The Balaban J connectivity index is 1.43. The fraction of sp³-hybridized carbons (Fsp3) is 0.250. The zero-order chi connectivity index (χ0) is 21.3. The third-order valence-electron chi connectivity index (χ3n) is 4.70. The molecule has 30 heavy (non-hydrogen) atoms. The van der Waals surface area contributed by atoms with Crippen molar-refractivity contribution in [3.63, 3.8) is 0 Å². The first-order valence-electron chi connectivity index (χ1n) is 9.88. The predicted molar refractivity (Wildman–Crippen MR) is 117 cm³/mol. The molecule has 0 spiro atoms. The quantitative estimate of drug-likeness (QED) is 0.476.